The molecule has 2 aliphatic rings. The van der Waals surface area contributed by atoms with Crippen molar-refractivity contribution in [3.05, 3.63) is 28.4 Å². The summed E-state index contributed by atoms with van der Waals surface area (Å²) in [5, 5.41) is 6.25. The van der Waals surface area contributed by atoms with Crippen molar-refractivity contribution < 1.29 is 9.13 Å². The third-order valence-electron chi connectivity index (χ3n) is 6.33. The zero-order chi connectivity index (χ0) is 19.4. The highest BCUT2D eigenvalue weighted by atomic mass is 19.1. The Labute approximate surface area is 161 Å². The van der Waals surface area contributed by atoms with Crippen LogP contribution in [0.1, 0.15) is 57.9 Å². The molecule has 1 saturated carbocycles. The molecule has 0 aromatic heterocycles. The minimum Gasteiger partial charge on any atom is -0.380 e. The first kappa shape index (κ1) is 20.2. The van der Waals surface area contributed by atoms with E-state index in [4.69, 9.17) is 4.74 Å². The molecule has 2 fully saturated rings. The van der Waals surface area contributed by atoms with E-state index in [9.17, 15) is 9.30 Å². The SMILES string of the molecule is CCO[C@H]1CC[C@](C)(N2CCC(Nc3cc(C)cc(F)c3N=O)CC2)CC1. The van der Waals surface area contributed by atoms with Gasteiger partial charge in [-0.25, -0.2) is 4.39 Å². The maximum atomic E-state index is 14.0. The molecule has 0 atom stereocenters. The largest absolute Gasteiger partial charge is 0.380 e. The van der Waals surface area contributed by atoms with Crippen molar-refractivity contribution in [1.82, 2.24) is 4.90 Å². The fraction of sp³-hybridized carbons (Fsp3) is 0.714. The molecule has 1 saturated heterocycles. The minimum absolute atomic E-state index is 0.107. The van der Waals surface area contributed by atoms with Crippen LogP contribution in [0.2, 0.25) is 0 Å². The van der Waals surface area contributed by atoms with Crippen LogP contribution < -0.4 is 5.32 Å². The van der Waals surface area contributed by atoms with Crippen LogP contribution in [-0.2, 0) is 4.74 Å². The molecule has 1 N–H and O–H groups in total. The highest BCUT2D eigenvalue weighted by Crippen LogP contribution is 2.37. The first-order chi connectivity index (χ1) is 12.9. The van der Waals surface area contributed by atoms with Gasteiger partial charge in [-0.1, -0.05) is 0 Å². The number of nitrogens with zero attached hydrogens (tertiary/aromatic N) is 2. The predicted octanol–water partition coefficient (Wildman–Crippen LogP) is 5.15. The number of piperidine rings is 1. The van der Waals surface area contributed by atoms with E-state index in [-0.39, 0.29) is 17.3 Å². The Bertz CT molecular complexity index is 651. The zero-order valence-corrected chi connectivity index (χ0v) is 16.8. The Kier molecular flexibility index (Phi) is 6.48. The van der Waals surface area contributed by atoms with Gasteiger partial charge >= 0.3 is 0 Å². The number of nitroso groups, excluding NO2 is 1. The number of aryl methyl sites for hydroxylation is 1. The van der Waals surface area contributed by atoms with Gasteiger partial charge in [0.25, 0.3) is 0 Å². The van der Waals surface area contributed by atoms with Gasteiger partial charge in [0.1, 0.15) is 0 Å². The number of hydrogen-bond acceptors (Lipinski definition) is 5. The molecule has 1 aliphatic carbocycles. The van der Waals surface area contributed by atoms with Gasteiger partial charge in [-0.05, 0) is 82.2 Å². The van der Waals surface area contributed by atoms with E-state index in [1.165, 1.54) is 18.9 Å². The number of rotatable bonds is 6. The van der Waals surface area contributed by atoms with Crippen molar-refractivity contribution in [2.45, 2.75) is 77.0 Å². The zero-order valence-electron chi connectivity index (χ0n) is 16.8. The van der Waals surface area contributed by atoms with E-state index in [1.807, 2.05) is 13.0 Å². The van der Waals surface area contributed by atoms with Crippen LogP contribution >= 0.6 is 0 Å². The van der Waals surface area contributed by atoms with E-state index in [1.54, 1.807) is 0 Å². The maximum Gasteiger partial charge on any atom is 0.166 e. The maximum absolute atomic E-state index is 14.0. The number of halogens is 1. The van der Waals surface area contributed by atoms with Gasteiger partial charge in [0.2, 0.25) is 0 Å². The van der Waals surface area contributed by atoms with Crippen molar-refractivity contribution in [3.63, 3.8) is 0 Å². The van der Waals surface area contributed by atoms with Crippen LogP contribution in [0.25, 0.3) is 0 Å². The molecule has 3 rings (SSSR count). The lowest BCUT2D eigenvalue weighted by molar-refractivity contribution is -0.0242. The van der Waals surface area contributed by atoms with Gasteiger partial charge in [-0.15, -0.1) is 4.91 Å². The van der Waals surface area contributed by atoms with E-state index in [0.717, 1.165) is 50.9 Å². The molecule has 1 aromatic carbocycles. The fourth-order valence-electron chi connectivity index (χ4n) is 4.65. The Morgan fingerprint density at radius 2 is 1.93 bits per heavy atom. The Hall–Kier alpha value is -1.53. The molecular weight excluding hydrogens is 345 g/mol. The highest BCUT2D eigenvalue weighted by Gasteiger charge is 2.38. The second-order valence-corrected chi connectivity index (χ2v) is 8.29. The van der Waals surface area contributed by atoms with Gasteiger partial charge in [0.15, 0.2) is 11.5 Å². The molecular formula is C21H32FN3O2. The topological polar surface area (TPSA) is 53.9 Å². The summed E-state index contributed by atoms with van der Waals surface area (Å²) < 4.78 is 19.7. The molecule has 1 aromatic rings. The molecule has 0 unspecified atom stereocenters. The summed E-state index contributed by atoms with van der Waals surface area (Å²) in [7, 11) is 0. The van der Waals surface area contributed by atoms with E-state index in [2.05, 4.69) is 29.2 Å². The summed E-state index contributed by atoms with van der Waals surface area (Å²) in [5.41, 5.74) is 1.45. The van der Waals surface area contributed by atoms with Crippen LogP contribution in [0.4, 0.5) is 15.8 Å². The van der Waals surface area contributed by atoms with Gasteiger partial charge < -0.3 is 10.1 Å². The standard InChI is InChI=1S/C21H32FN3O2/c1-4-27-17-5-9-21(3,10-6-17)25-11-7-16(8-12-25)23-19-14-15(2)13-18(22)20(19)24-26/h13-14,16-17,23H,4-12H2,1-3H3/t17-,21-. The molecule has 27 heavy (non-hydrogen) atoms. The predicted molar refractivity (Wildman–Crippen MR) is 107 cm³/mol. The van der Waals surface area contributed by atoms with Gasteiger partial charge in [-0.2, -0.15) is 0 Å². The fourth-order valence-corrected chi connectivity index (χ4v) is 4.65. The number of anilines is 1. The second kappa shape index (κ2) is 8.65. The smallest absolute Gasteiger partial charge is 0.166 e. The number of ether oxygens (including phenoxy) is 1. The van der Waals surface area contributed by atoms with E-state index >= 15 is 0 Å². The monoisotopic (exact) mass is 377 g/mol. The third kappa shape index (κ3) is 4.66. The van der Waals surface area contributed by atoms with Crippen LogP contribution in [0.5, 0.6) is 0 Å². The average Bonchev–Trinajstić information content (AvgIpc) is 2.64. The molecule has 6 heteroatoms. The van der Waals surface area contributed by atoms with Crippen molar-refractivity contribution in [2.24, 2.45) is 5.18 Å². The van der Waals surface area contributed by atoms with Gasteiger partial charge in [0, 0.05) is 31.3 Å². The van der Waals surface area contributed by atoms with E-state index < -0.39 is 5.82 Å². The normalized spacial score (nSPS) is 27.5. The summed E-state index contributed by atoms with van der Waals surface area (Å²) in [5.74, 6) is -0.552. The molecule has 0 bridgehead atoms. The first-order valence-electron chi connectivity index (χ1n) is 10.2. The quantitative estimate of drug-likeness (QED) is 0.697. The summed E-state index contributed by atoms with van der Waals surface area (Å²) in [6.45, 7) is 9.11. The van der Waals surface area contributed by atoms with Crippen molar-refractivity contribution in [2.75, 3.05) is 25.0 Å². The summed E-state index contributed by atoms with van der Waals surface area (Å²) in [6.07, 6.45) is 7.03. The lowest BCUT2D eigenvalue weighted by atomic mass is 9.79. The minimum atomic E-state index is -0.552. The summed E-state index contributed by atoms with van der Waals surface area (Å²) in [6, 6.07) is 3.40. The van der Waals surface area contributed by atoms with Gasteiger partial charge in [0.05, 0.1) is 11.8 Å². The third-order valence-corrected chi connectivity index (χ3v) is 6.33. The first-order valence-corrected chi connectivity index (χ1v) is 10.2. The van der Waals surface area contributed by atoms with Gasteiger partial charge in [-0.3, -0.25) is 4.90 Å². The summed E-state index contributed by atoms with van der Waals surface area (Å²) >= 11 is 0. The lowest BCUT2D eigenvalue weighted by Crippen LogP contribution is -2.53. The highest BCUT2D eigenvalue weighted by molar-refractivity contribution is 5.67. The summed E-state index contributed by atoms with van der Waals surface area (Å²) in [4.78, 5) is 13.6. The van der Waals surface area contributed by atoms with Crippen molar-refractivity contribution >= 4 is 11.4 Å². The molecule has 0 radical (unpaired) electrons. The van der Waals surface area contributed by atoms with Crippen LogP contribution in [0.3, 0.4) is 0 Å². The molecule has 1 heterocycles. The number of hydrogen-bond donors (Lipinski definition) is 1. The average molecular weight is 378 g/mol. The lowest BCUT2D eigenvalue weighted by Gasteiger charge is -2.48. The Morgan fingerprint density at radius 1 is 1.26 bits per heavy atom. The van der Waals surface area contributed by atoms with Crippen LogP contribution in [0, 0.1) is 17.6 Å². The molecule has 0 spiro atoms. The van der Waals surface area contributed by atoms with Crippen molar-refractivity contribution in [1.29, 1.82) is 0 Å². The number of benzene rings is 1. The number of nitrogens with one attached hydrogen (secondary N) is 1. The molecule has 1 aliphatic heterocycles. The van der Waals surface area contributed by atoms with E-state index in [0.29, 0.717) is 11.8 Å². The van der Waals surface area contributed by atoms with Crippen LogP contribution in [-0.4, -0.2) is 42.3 Å². The number of likely N-dealkylation sites (tertiary alicyclic amines) is 1. The molecule has 5 nitrogen and oxygen atoms in total. The molecule has 150 valence electrons. The van der Waals surface area contributed by atoms with Crippen molar-refractivity contribution in [3.8, 4) is 0 Å². The van der Waals surface area contributed by atoms with Crippen LogP contribution in [0.15, 0.2) is 17.3 Å². The second-order valence-electron chi connectivity index (χ2n) is 8.29. The Balaban J connectivity index is 1.56. The Morgan fingerprint density at radius 3 is 2.52 bits per heavy atom. The molecule has 0 amide bonds.